The van der Waals surface area contributed by atoms with Crippen molar-refractivity contribution in [2.24, 2.45) is 5.92 Å². The molecule has 1 heterocycles. The molecule has 1 saturated heterocycles. The molecule has 0 aromatic carbocycles. The van der Waals surface area contributed by atoms with E-state index in [1.165, 1.54) is 6.92 Å². The molecule has 1 rings (SSSR count). The maximum absolute atomic E-state index is 12.5. The molecule has 1 unspecified atom stereocenters. The summed E-state index contributed by atoms with van der Waals surface area (Å²) in [5.41, 5.74) is 1.59. The molecule has 1 aliphatic rings. The van der Waals surface area contributed by atoms with E-state index < -0.39 is 11.8 Å². The summed E-state index contributed by atoms with van der Waals surface area (Å²) in [4.78, 5) is 36.6. The summed E-state index contributed by atoms with van der Waals surface area (Å²) >= 11 is 0. The van der Waals surface area contributed by atoms with Crippen LogP contribution in [0.5, 0.6) is 0 Å². The first-order valence-electron chi connectivity index (χ1n) is 7.46. The minimum Gasteiger partial charge on any atom is -0.352 e. The highest BCUT2D eigenvalue weighted by molar-refractivity contribution is 5.85. The van der Waals surface area contributed by atoms with Crippen molar-refractivity contribution in [1.82, 2.24) is 15.7 Å². The van der Waals surface area contributed by atoms with Crippen molar-refractivity contribution in [2.45, 2.75) is 52.0 Å². The van der Waals surface area contributed by atoms with Gasteiger partial charge in [-0.3, -0.25) is 19.6 Å². The van der Waals surface area contributed by atoms with Crippen molar-refractivity contribution in [3.05, 3.63) is 0 Å². The molecule has 0 bridgehead atoms. The average molecular weight is 299 g/mol. The van der Waals surface area contributed by atoms with Gasteiger partial charge in [-0.1, -0.05) is 19.8 Å². The van der Waals surface area contributed by atoms with Crippen LogP contribution in [0.1, 0.15) is 46.0 Å². The van der Waals surface area contributed by atoms with Gasteiger partial charge in [0.05, 0.1) is 0 Å². The van der Waals surface area contributed by atoms with Gasteiger partial charge in [-0.2, -0.15) is 0 Å². The molecular formula is C14H25N3O4. The van der Waals surface area contributed by atoms with Crippen LogP contribution in [0, 0.1) is 5.92 Å². The Morgan fingerprint density at radius 1 is 1.38 bits per heavy atom. The van der Waals surface area contributed by atoms with E-state index in [2.05, 4.69) is 5.32 Å². The second-order valence-electron chi connectivity index (χ2n) is 5.55. The van der Waals surface area contributed by atoms with E-state index in [1.807, 2.05) is 6.92 Å². The first kappa shape index (κ1) is 17.4. The third-order valence-electron chi connectivity index (χ3n) is 3.72. The maximum atomic E-state index is 12.5. The highest BCUT2D eigenvalue weighted by Gasteiger charge is 2.31. The van der Waals surface area contributed by atoms with Crippen LogP contribution in [0.3, 0.4) is 0 Å². The Morgan fingerprint density at radius 3 is 2.67 bits per heavy atom. The lowest BCUT2D eigenvalue weighted by Gasteiger charge is -2.23. The van der Waals surface area contributed by atoms with Crippen LogP contribution in [0.2, 0.25) is 0 Å². The molecule has 3 N–H and O–H groups in total. The van der Waals surface area contributed by atoms with E-state index in [1.54, 1.807) is 10.4 Å². The van der Waals surface area contributed by atoms with Gasteiger partial charge in [0.15, 0.2) is 0 Å². The molecule has 7 nitrogen and oxygen atoms in total. The molecule has 120 valence electrons. The number of unbranched alkanes of at least 4 members (excludes halogenated alkanes) is 1. The zero-order valence-corrected chi connectivity index (χ0v) is 12.7. The minimum absolute atomic E-state index is 0.00334. The van der Waals surface area contributed by atoms with Gasteiger partial charge >= 0.3 is 0 Å². The predicted molar refractivity (Wildman–Crippen MR) is 76.4 cm³/mol. The van der Waals surface area contributed by atoms with Gasteiger partial charge in [0.2, 0.25) is 17.7 Å². The molecule has 1 fully saturated rings. The van der Waals surface area contributed by atoms with Gasteiger partial charge in [0.25, 0.3) is 0 Å². The van der Waals surface area contributed by atoms with Crippen molar-refractivity contribution in [2.75, 3.05) is 13.1 Å². The fourth-order valence-electron chi connectivity index (χ4n) is 2.66. The first-order valence-corrected chi connectivity index (χ1v) is 7.46. The van der Waals surface area contributed by atoms with Crippen LogP contribution in [0.15, 0.2) is 0 Å². The molecule has 0 saturated carbocycles. The second-order valence-corrected chi connectivity index (χ2v) is 5.55. The smallest absolute Gasteiger partial charge is 0.244 e. The summed E-state index contributed by atoms with van der Waals surface area (Å²) in [5, 5.41) is 11.4. The quantitative estimate of drug-likeness (QED) is 0.469. The predicted octanol–water partition coefficient (Wildman–Crippen LogP) is 0.425. The molecule has 3 amide bonds. The molecule has 7 heteroatoms. The first-order chi connectivity index (χ1) is 9.97. The lowest BCUT2D eigenvalue weighted by atomic mass is 9.96. The molecular weight excluding hydrogens is 274 g/mol. The molecule has 0 aromatic heterocycles. The number of hydrogen-bond donors (Lipinski definition) is 3. The van der Waals surface area contributed by atoms with Gasteiger partial charge in [-0.25, -0.2) is 5.48 Å². The Balaban J connectivity index is 2.58. The summed E-state index contributed by atoms with van der Waals surface area (Å²) in [5.74, 6) is -1.12. The molecule has 0 aliphatic carbocycles. The van der Waals surface area contributed by atoms with Crippen LogP contribution >= 0.6 is 0 Å². The van der Waals surface area contributed by atoms with E-state index >= 15 is 0 Å². The molecule has 0 radical (unpaired) electrons. The van der Waals surface area contributed by atoms with Crippen LogP contribution < -0.4 is 10.8 Å². The summed E-state index contributed by atoms with van der Waals surface area (Å²) in [6, 6.07) is -0.00931. The van der Waals surface area contributed by atoms with Crippen LogP contribution in [0.25, 0.3) is 0 Å². The van der Waals surface area contributed by atoms with Gasteiger partial charge < -0.3 is 10.2 Å². The molecule has 1 aliphatic heterocycles. The standard InChI is InChI=1S/C14H25N3O4/c1-3-4-5-11(8-13(19)16-21)14(20)17-7-6-12(9-17)15-10(2)18/h11-12,21H,3-9H2,1-2H3,(H,15,18)(H,16,19)/t11-,12?/m1/s1. The highest BCUT2D eigenvalue weighted by atomic mass is 16.5. The Kier molecular flexibility index (Phi) is 7.14. The topological polar surface area (TPSA) is 98.7 Å². The zero-order valence-electron chi connectivity index (χ0n) is 12.7. The fourth-order valence-corrected chi connectivity index (χ4v) is 2.66. The largest absolute Gasteiger partial charge is 0.352 e. The van der Waals surface area contributed by atoms with Crippen molar-refractivity contribution in [1.29, 1.82) is 0 Å². The number of amides is 3. The second kappa shape index (κ2) is 8.61. The number of nitrogens with zero attached hydrogens (tertiary/aromatic N) is 1. The Hall–Kier alpha value is -1.63. The van der Waals surface area contributed by atoms with Crippen molar-refractivity contribution in [3.8, 4) is 0 Å². The Labute approximate surface area is 125 Å². The summed E-state index contributed by atoms with van der Waals surface area (Å²) in [6.45, 7) is 4.56. The lowest BCUT2D eigenvalue weighted by Crippen LogP contribution is -2.40. The number of hydrogen-bond acceptors (Lipinski definition) is 4. The Morgan fingerprint density at radius 2 is 2.10 bits per heavy atom. The van der Waals surface area contributed by atoms with Crippen molar-refractivity contribution < 1.29 is 19.6 Å². The molecule has 21 heavy (non-hydrogen) atoms. The Bertz CT molecular complexity index is 386. The number of carbonyl (C=O) groups excluding carboxylic acids is 3. The molecule has 0 spiro atoms. The normalized spacial score (nSPS) is 19.2. The monoisotopic (exact) mass is 299 g/mol. The van der Waals surface area contributed by atoms with E-state index in [-0.39, 0.29) is 24.3 Å². The summed E-state index contributed by atoms with van der Waals surface area (Å²) < 4.78 is 0. The van der Waals surface area contributed by atoms with E-state index in [0.717, 1.165) is 19.3 Å². The summed E-state index contributed by atoms with van der Waals surface area (Å²) in [7, 11) is 0. The lowest BCUT2D eigenvalue weighted by molar-refractivity contribution is -0.140. The number of nitrogens with one attached hydrogen (secondary N) is 2. The van der Waals surface area contributed by atoms with E-state index in [9.17, 15) is 14.4 Å². The number of rotatable bonds is 7. The fraction of sp³-hybridized carbons (Fsp3) is 0.786. The third-order valence-corrected chi connectivity index (χ3v) is 3.72. The van der Waals surface area contributed by atoms with E-state index in [0.29, 0.717) is 19.5 Å². The highest BCUT2D eigenvalue weighted by Crippen LogP contribution is 2.20. The van der Waals surface area contributed by atoms with Crippen LogP contribution in [-0.4, -0.2) is 47.0 Å². The SMILES string of the molecule is CCCC[C@H](CC(=O)NO)C(=O)N1CCC(NC(C)=O)C1. The molecule has 0 aromatic rings. The van der Waals surface area contributed by atoms with E-state index in [4.69, 9.17) is 5.21 Å². The minimum atomic E-state index is -0.540. The number of hydroxylamine groups is 1. The third kappa shape index (κ3) is 5.71. The van der Waals surface area contributed by atoms with Gasteiger partial charge in [0.1, 0.15) is 0 Å². The van der Waals surface area contributed by atoms with Crippen molar-refractivity contribution >= 4 is 17.7 Å². The van der Waals surface area contributed by atoms with Crippen LogP contribution in [0.4, 0.5) is 0 Å². The zero-order chi connectivity index (χ0) is 15.8. The maximum Gasteiger partial charge on any atom is 0.244 e. The van der Waals surface area contributed by atoms with Gasteiger partial charge in [-0.05, 0) is 12.8 Å². The molecule has 2 atom stereocenters. The average Bonchev–Trinajstić information content (AvgIpc) is 2.89. The number of carbonyl (C=O) groups is 3. The summed E-state index contributed by atoms with van der Waals surface area (Å²) in [6.07, 6.45) is 3.16. The number of likely N-dealkylation sites (tertiary alicyclic amines) is 1. The van der Waals surface area contributed by atoms with Gasteiger partial charge in [-0.15, -0.1) is 0 Å². The van der Waals surface area contributed by atoms with Gasteiger partial charge in [0, 0.05) is 38.4 Å². The van der Waals surface area contributed by atoms with Crippen molar-refractivity contribution in [3.63, 3.8) is 0 Å². The van der Waals surface area contributed by atoms with Crippen LogP contribution in [-0.2, 0) is 14.4 Å².